The van der Waals surface area contributed by atoms with Gasteiger partial charge in [0.25, 0.3) is 0 Å². The highest BCUT2D eigenvalue weighted by atomic mass is 35.5. The molecule has 3 heterocycles. The summed E-state index contributed by atoms with van der Waals surface area (Å²) < 4.78 is 7.50. The number of nitrogens with zero attached hydrogens (tertiary/aromatic N) is 2. The Morgan fingerprint density at radius 2 is 2.37 bits per heavy atom. The zero-order valence-electron chi connectivity index (χ0n) is 11.0. The summed E-state index contributed by atoms with van der Waals surface area (Å²) in [6, 6.07) is 3.79. The molecule has 0 aromatic carbocycles. The third-order valence-electron chi connectivity index (χ3n) is 3.60. The molecule has 1 fully saturated rings. The van der Waals surface area contributed by atoms with Crippen molar-refractivity contribution in [2.24, 2.45) is 0 Å². The minimum Gasteiger partial charge on any atom is -0.380 e. The fourth-order valence-corrected chi connectivity index (χ4v) is 2.65. The van der Waals surface area contributed by atoms with Crippen LogP contribution in [0.5, 0.6) is 0 Å². The average Bonchev–Trinajstić information content (AvgIpc) is 2.79. The number of aromatic nitrogens is 2. The van der Waals surface area contributed by atoms with Crippen LogP contribution < -0.4 is 5.32 Å². The number of hydrogen-bond acceptors (Lipinski definition) is 3. The van der Waals surface area contributed by atoms with Crippen molar-refractivity contribution < 1.29 is 4.74 Å². The lowest BCUT2D eigenvalue weighted by Gasteiger charge is -2.34. The molecule has 19 heavy (non-hydrogen) atoms. The number of nitrogens with one attached hydrogen (secondary N) is 1. The number of halogens is 1. The fraction of sp³-hybridized carbons (Fsp3) is 0.500. The molecule has 0 radical (unpaired) electrons. The van der Waals surface area contributed by atoms with Gasteiger partial charge in [-0.05, 0) is 31.9 Å². The van der Waals surface area contributed by atoms with Gasteiger partial charge in [-0.3, -0.25) is 0 Å². The van der Waals surface area contributed by atoms with Crippen molar-refractivity contribution in [3.63, 3.8) is 0 Å². The Morgan fingerprint density at radius 3 is 3.16 bits per heavy atom. The third kappa shape index (κ3) is 2.91. The molecule has 0 amide bonds. The predicted octanol–water partition coefficient (Wildman–Crippen LogP) is 2.65. The largest absolute Gasteiger partial charge is 0.380 e. The van der Waals surface area contributed by atoms with Crippen LogP contribution in [0, 0.1) is 0 Å². The molecule has 102 valence electrons. The molecule has 0 bridgehead atoms. The molecule has 1 atom stereocenters. The molecule has 0 spiro atoms. The Bertz CT molecular complexity index is 575. The fourth-order valence-electron chi connectivity index (χ4n) is 2.48. The topological polar surface area (TPSA) is 38.6 Å². The molecule has 0 saturated carbocycles. The SMILES string of the molecule is CC1(NCc2cn3cc(Cl)ccc3n2)CCCOC1. The molecule has 1 aliphatic heterocycles. The van der Waals surface area contributed by atoms with E-state index in [4.69, 9.17) is 16.3 Å². The number of hydrogen-bond donors (Lipinski definition) is 1. The molecular weight excluding hydrogens is 262 g/mol. The van der Waals surface area contributed by atoms with Crippen LogP contribution >= 0.6 is 11.6 Å². The van der Waals surface area contributed by atoms with Gasteiger partial charge in [-0.15, -0.1) is 0 Å². The average molecular weight is 280 g/mol. The van der Waals surface area contributed by atoms with Crippen LogP contribution in [-0.4, -0.2) is 28.1 Å². The van der Waals surface area contributed by atoms with E-state index in [2.05, 4.69) is 17.2 Å². The summed E-state index contributed by atoms with van der Waals surface area (Å²) in [6.45, 7) is 4.61. The second-order valence-electron chi connectivity index (χ2n) is 5.42. The van der Waals surface area contributed by atoms with E-state index in [9.17, 15) is 0 Å². The van der Waals surface area contributed by atoms with E-state index >= 15 is 0 Å². The minimum atomic E-state index is 0.0612. The third-order valence-corrected chi connectivity index (χ3v) is 3.82. The summed E-state index contributed by atoms with van der Waals surface area (Å²) in [6.07, 6.45) is 6.15. The Hall–Kier alpha value is -1.10. The van der Waals surface area contributed by atoms with Crippen LogP contribution in [0.2, 0.25) is 5.02 Å². The highest BCUT2D eigenvalue weighted by Crippen LogP contribution is 2.19. The van der Waals surface area contributed by atoms with E-state index in [1.54, 1.807) is 0 Å². The van der Waals surface area contributed by atoms with Crippen molar-refractivity contribution in [3.05, 3.63) is 35.2 Å². The second kappa shape index (κ2) is 5.12. The summed E-state index contributed by atoms with van der Waals surface area (Å²) in [5, 5.41) is 4.28. The van der Waals surface area contributed by atoms with Gasteiger partial charge in [0.2, 0.25) is 0 Å². The molecule has 1 unspecified atom stereocenters. The minimum absolute atomic E-state index is 0.0612. The van der Waals surface area contributed by atoms with Crippen molar-refractivity contribution in [1.82, 2.24) is 14.7 Å². The molecule has 1 aliphatic rings. The van der Waals surface area contributed by atoms with Gasteiger partial charge in [-0.2, -0.15) is 0 Å². The smallest absolute Gasteiger partial charge is 0.137 e. The van der Waals surface area contributed by atoms with Gasteiger partial charge in [0, 0.05) is 31.1 Å². The zero-order valence-corrected chi connectivity index (χ0v) is 11.8. The standard InChI is InChI=1S/C14H18ClN3O/c1-14(5-2-6-19-10-14)16-7-12-9-18-8-11(15)3-4-13(18)17-12/h3-4,8-9,16H,2,5-7,10H2,1H3. The molecule has 5 heteroatoms. The molecule has 3 rings (SSSR count). The van der Waals surface area contributed by atoms with Crippen molar-refractivity contribution in [2.75, 3.05) is 13.2 Å². The number of rotatable bonds is 3. The maximum absolute atomic E-state index is 5.97. The van der Waals surface area contributed by atoms with E-state index in [-0.39, 0.29) is 5.54 Å². The maximum Gasteiger partial charge on any atom is 0.137 e. The summed E-state index contributed by atoms with van der Waals surface area (Å²) in [7, 11) is 0. The Balaban J connectivity index is 1.71. The quantitative estimate of drug-likeness (QED) is 0.939. The van der Waals surface area contributed by atoms with Crippen molar-refractivity contribution in [2.45, 2.75) is 31.8 Å². The van der Waals surface area contributed by atoms with E-state index in [1.807, 2.05) is 28.9 Å². The second-order valence-corrected chi connectivity index (χ2v) is 5.85. The summed E-state index contributed by atoms with van der Waals surface area (Å²) in [4.78, 5) is 4.57. The van der Waals surface area contributed by atoms with Crippen LogP contribution in [-0.2, 0) is 11.3 Å². The van der Waals surface area contributed by atoms with Gasteiger partial charge in [-0.25, -0.2) is 4.98 Å². The summed E-state index contributed by atoms with van der Waals surface area (Å²) in [5.41, 5.74) is 2.01. The van der Waals surface area contributed by atoms with E-state index in [0.717, 1.165) is 49.0 Å². The lowest BCUT2D eigenvalue weighted by molar-refractivity contribution is 0.0276. The van der Waals surface area contributed by atoms with Gasteiger partial charge < -0.3 is 14.5 Å². The van der Waals surface area contributed by atoms with Crippen LogP contribution in [0.15, 0.2) is 24.5 Å². The molecular formula is C14H18ClN3O. The lowest BCUT2D eigenvalue weighted by Crippen LogP contribution is -2.48. The predicted molar refractivity (Wildman–Crippen MR) is 75.5 cm³/mol. The van der Waals surface area contributed by atoms with Gasteiger partial charge in [0.05, 0.1) is 17.3 Å². The first-order chi connectivity index (χ1) is 9.15. The van der Waals surface area contributed by atoms with E-state index < -0.39 is 0 Å². The molecule has 2 aromatic rings. The molecule has 2 aromatic heterocycles. The first-order valence-electron chi connectivity index (χ1n) is 6.61. The molecule has 1 saturated heterocycles. The van der Waals surface area contributed by atoms with E-state index in [0.29, 0.717) is 0 Å². The van der Waals surface area contributed by atoms with Crippen LogP contribution in [0.25, 0.3) is 5.65 Å². The Kier molecular flexibility index (Phi) is 3.48. The number of ether oxygens (including phenoxy) is 1. The maximum atomic E-state index is 5.97. The summed E-state index contributed by atoms with van der Waals surface area (Å²) in [5.74, 6) is 0. The highest BCUT2D eigenvalue weighted by molar-refractivity contribution is 6.30. The lowest BCUT2D eigenvalue weighted by atomic mass is 9.95. The Morgan fingerprint density at radius 1 is 1.47 bits per heavy atom. The van der Waals surface area contributed by atoms with Crippen LogP contribution in [0.3, 0.4) is 0 Å². The Labute approximate surface area is 117 Å². The normalized spacial score (nSPS) is 23.9. The van der Waals surface area contributed by atoms with Crippen molar-refractivity contribution in [1.29, 1.82) is 0 Å². The van der Waals surface area contributed by atoms with Gasteiger partial charge in [0.15, 0.2) is 0 Å². The molecule has 1 N–H and O–H groups in total. The van der Waals surface area contributed by atoms with Gasteiger partial charge in [-0.1, -0.05) is 11.6 Å². The highest BCUT2D eigenvalue weighted by Gasteiger charge is 2.26. The van der Waals surface area contributed by atoms with E-state index in [1.165, 1.54) is 0 Å². The monoisotopic (exact) mass is 279 g/mol. The number of pyridine rings is 1. The first-order valence-corrected chi connectivity index (χ1v) is 6.98. The number of imidazole rings is 1. The first kappa shape index (κ1) is 12.9. The van der Waals surface area contributed by atoms with Crippen LogP contribution in [0.1, 0.15) is 25.5 Å². The summed E-state index contributed by atoms with van der Waals surface area (Å²) >= 11 is 5.97. The van der Waals surface area contributed by atoms with Crippen LogP contribution in [0.4, 0.5) is 0 Å². The van der Waals surface area contributed by atoms with Crippen molar-refractivity contribution in [3.8, 4) is 0 Å². The van der Waals surface area contributed by atoms with Gasteiger partial charge >= 0.3 is 0 Å². The number of fused-ring (bicyclic) bond motifs is 1. The molecule has 4 nitrogen and oxygen atoms in total. The van der Waals surface area contributed by atoms with Gasteiger partial charge in [0.1, 0.15) is 5.65 Å². The van der Waals surface area contributed by atoms with Crippen molar-refractivity contribution >= 4 is 17.2 Å². The zero-order chi connectivity index (χ0) is 13.3. The molecule has 0 aliphatic carbocycles.